The van der Waals surface area contributed by atoms with Crippen LogP contribution in [0.1, 0.15) is 57.8 Å². The van der Waals surface area contributed by atoms with Gasteiger partial charge in [0.25, 0.3) is 11.5 Å². The van der Waals surface area contributed by atoms with Crippen LogP contribution in [-0.4, -0.2) is 31.4 Å². The molecule has 30 heavy (non-hydrogen) atoms. The van der Waals surface area contributed by atoms with Gasteiger partial charge in [0, 0.05) is 24.2 Å². The molecule has 0 aliphatic heterocycles. The lowest BCUT2D eigenvalue weighted by atomic mass is 9.75. The lowest BCUT2D eigenvalue weighted by Crippen LogP contribution is -2.34. The normalized spacial score (nSPS) is 14.9. The maximum atomic E-state index is 12.6. The molecule has 154 valence electrons. The van der Waals surface area contributed by atoms with Crippen molar-refractivity contribution in [2.24, 2.45) is 5.41 Å². The Balaban J connectivity index is 1.48. The molecule has 0 bridgehead atoms. The lowest BCUT2D eigenvalue weighted by Gasteiger charge is -2.29. The summed E-state index contributed by atoms with van der Waals surface area (Å²) in [6.45, 7) is 4.82. The van der Waals surface area contributed by atoms with Crippen molar-refractivity contribution in [2.75, 3.05) is 0 Å². The zero-order valence-corrected chi connectivity index (χ0v) is 16.9. The van der Waals surface area contributed by atoms with Gasteiger partial charge in [0.15, 0.2) is 5.78 Å². The Kier molecular flexibility index (Phi) is 5.07. The van der Waals surface area contributed by atoms with Gasteiger partial charge in [0.05, 0.1) is 6.54 Å². The van der Waals surface area contributed by atoms with Crippen molar-refractivity contribution in [3.63, 3.8) is 0 Å². The van der Waals surface area contributed by atoms with Gasteiger partial charge in [-0.15, -0.1) is 0 Å². The summed E-state index contributed by atoms with van der Waals surface area (Å²) >= 11 is 0. The van der Waals surface area contributed by atoms with Crippen LogP contribution in [0.4, 0.5) is 0 Å². The molecule has 0 fully saturated rings. The Bertz CT molecular complexity index is 1160. The number of carbonyl (C=O) groups excluding carboxylic acids is 2. The number of benzene rings is 1. The lowest BCUT2D eigenvalue weighted by molar-refractivity contribution is 0.0910. The fourth-order valence-electron chi connectivity index (χ4n) is 3.81. The van der Waals surface area contributed by atoms with Gasteiger partial charge < -0.3 is 10.3 Å². The van der Waals surface area contributed by atoms with E-state index < -0.39 is 11.5 Å². The van der Waals surface area contributed by atoms with Crippen LogP contribution in [0, 0.1) is 5.41 Å². The van der Waals surface area contributed by atoms with Crippen LogP contribution in [0.2, 0.25) is 0 Å². The van der Waals surface area contributed by atoms with Crippen molar-refractivity contribution in [1.82, 2.24) is 25.1 Å². The number of pyridine rings is 1. The molecule has 0 atom stereocenters. The number of aromatic nitrogens is 4. The molecule has 1 aromatic carbocycles. The molecule has 2 N–H and O–H groups in total. The van der Waals surface area contributed by atoms with Crippen molar-refractivity contribution < 1.29 is 9.59 Å². The molecule has 8 heteroatoms. The predicted molar refractivity (Wildman–Crippen MR) is 110 cm³/mol. The molecule has 0 radical (unpaired) electrons. The second-order valence-corrected chi connectivity index (χ2v) is 8.44. The zero-order chi connectivity index (χ0) is 21.3. The Morgan fingerprint density at radius 2 is 2.00 bits per heavy atom. The van der Waals surface area contributed by atoms with Gasteiger partial charge in [-0.25, -0.2) is 9.67 Å². The van der Waals surface area contributed by atoms with E-state index in [-0.39, 0.29) is 23.3 Å². The van der Waals surface area contributed by atoms with Gasteiger partial charge >= 0.3 is 0 Å². The number of nitrogens with one attached hydrogen (secondary N) is 2. The van der Waals surface area contributed by atoms with E-state index in [2.05, 4.69) is 20.4 Å². The minimum Gasteiger partial charge on any atom is -0.348 e. The summed E-state index contributed by atoms with van der Waals surface area (Å²) in [5.41, 5.74) is 2.25. The first-order chi connectivity index (χ1) is 14.3. The van der Waals surface area contributed by atoms with Crippen LogP contribution < -0.4 is 10.9 Å². The van der Waals surface area contributed by atoms with E-state index >= 15 is 0 Å². The van der Waals surface area contributed by atoms with Crippen LogP contribution >= 0.6 is 0 Å². The molecule has 2 aromatic heterocycles. The molecule has 0 saturated heterocycles. The smallest absolute Gasteiger partial charge is 0.261 e. The van der Waals surface area contributed by atoms with E-state index in [4.69, 9.17) is 0 Å². The monoisotopic (exact) mass is 405 g/mol. The van der Waals surface area contributed by atoms with Gasteiger partial charge in [0.1, 0.15) is 18.2 Å². The van der Waals surface area contributed by atoms with E-state index in [1.165, 1.54) is 12.4 Å². The average Bonchev–Trinajstić information content (AvgIpc) is 3.18. The molecule has 1 amide bonds. The van der Waals surface area contributed by atoms with Crippen LogP contribution in [-0.2, 0) is 19.5 Å². The largest absolute Gasteiger partial charge is 0.348 e. The highest BCUT2D eigenvalue weighted by atomic mass is 16.2. The van der Waals surface area contributed by atoms with Gasteiger partial charge in [-0.2, -0.15) is 5.10 Å². The number of ketones is 1. The average molecular weight is 405 g/mol. The summed E-state index contributed by atoms with van der Waals surface area (Å²) < 4.78 is 1.71. The molecule has 0 unspecified atom stereocenters. The summed E-state index contributed by atoms with van der Waals surface area (Å²) in [5, 5.41) is 6.86. The Hall–Kier alpha value is -3.55. The molecule has 4 rings (SSSR count). The third-order valence-corrected chi connectivity index (χ3v) is 5.22. The molecule has 0 spiro atoms. The number of fused-ring (bicyclic) bond motifs is 1. The fourth-order valence-corrected chi connectivity index (χ4v) is 3.81. The number of hydrogen-bond donors (Lipinski definition) is 2. The van der Waals surface area contributed by atoms with Crippen molar-refractivity contribution in [3.8, 4) is 0 Å². The first-order valence-electron chi connectivity index (χ1n) is 9.78. The highest BCUT2D eigenvalue weighted by Gasteiger charge is 2.32. The molecule has 2 heterocycles. The van der Waals surface area contributed by atoms with Crippen LogP contribution in [0.25, 0.3) is 0 Å². The maximum Gasteiger partial charge on any atom is 0.261 e. The number of H-pyrrole nitrogens is 1. The summed E-state index contributed by atoms with van der Waals surface area (Å²) in [4.78, 5) is 44.2. The van der Waals surface area contributed by atoms with Crippen LogP contribution in [0.3, 0.4) is 0 Å². The first kappa shape index (κ1) is 19.8. The number of nitrogens with zero attached hydrogens (tertiary/aromatic N) is 3. The van der Waals surface area contributed by atoms with Gasteiger partial charge in [0.2, 0.25) is 0 Å². The first-order valence-corrected chi connectivity index (χ1v) is 9.78. The third kappa shape index (κ3) is 4.22. The molecule has 0 saturated carbocycles. The van der Waals surface area contributed by atoms with Crippen molar-refractivity contribution in [2.45, 2.75) is 39.8 Å². The second-order valence-electron chi connectivity index (χ2n) is 8.44. The van der Waals surface area contributed by atoms with Gasteiger partial charge in [-0.1, -0.05) is 38.1 Å². The van der Waals surface area contributed by atoms with E-state index in [9.17, 15) is 14.4 Å². The van der Waals surface area contributed by atoms with Gasteiger partial charge in [-0.3, -0.25) is 14.4 Å². The summed E-state index contributed by atoms with van der Waals surface area (Å²) in [7, 11) is 0. The Morgan fingerprint density at radius 1 is 1.20 bits per heavy atom. The molecule has 3 aromatic rings. The molecular weight excluding hydrogens is 382 g/mol. The molecule has 1 aliphatic rings. The summed E-state index contributed by atoms with van der Waals surface area (Å²) in [6, 6.07) is 9.16. The second kappa shape index (κ2) is 7.70. The minimum atomic E-state index is -0.502. The maximum absolute atomic E-state index is 12.6. The number of carbonyl (C=O) groups is 2. The number of rotatable bonds is 5. The third-order valence-electron chi connectivity index (χ3n) is 5.22. The number of hydrogen-bond acceptors (Lipinski definition) is 5. The summed E-state index contributed by atoms with van der Waals surface area (Å²) in [6.07, 6.45) is 4.11. The summed E-state index contributed by atoms with van der Waals surface area (Å²) in [5.74, 6) is -0.550. The van der Waals surface area contributed by atoms with E-state index in [0.717, 1.165) is 11.1 Å². The number of amides is 1. The standard InChI is InChI=1S/C22H23N5O3/c1-22(2)8-18-16(19(28)9-22)7-17(21(30)26-18)20(29)24-10-14-4-3-5-15(6-14)11-27-13-23-12-25-27/h3-7,12-13H,8-11H2,1-2H3,(H,24,29)(H,26,30). The molecular formula is C22H23N5O3. The number of Topliss-reactive ketones (excluding diaryl/α,β-unsaturated/α-hetero) is 1. The van der Waals surface area contributed by atoms with Crippen molar-refractivity contribution in [1.29, 1.82) is 0 Å². The highest BCUT2D eigenvalue weighted by Crippen LogP contribution is 2.33. The molecule has 1 aliphatic carbocycles. The zero-order valence-electron chi connectivity index (χ0n) is 16.9. The highest BCUT2D eigenvalue weighted by molar-refractivity contribution is 6.02. The van der Waals surface area contributed by atoms with Gasteiger partial charge in [-0.05, 0) is 29.0 Å². The molecule has 8 nitrogen and oxygen atoms in total. The predicted octanol–water partition coefficient (Wildman–Crippen LogP) is 2.10. The van der Waals surface area contributed by atoms with Crippen molar-refractivity contribution >= 4 is 11.7 Å². The van der Waals surface area contributed by atoms with Crippen molar-refractivity contribution in [3.05, 3.63) is 81.3 Å². The number of aromatic amines is 1. The van der Waals surface area contributed by atoms with E-state index in [1.807, 2.05) is 38.1 Å². The quantitative estimate of drug-likeness (QED) is 0.676. The van der Waals surface area contributed by atoms with E-state index in [0.29, 0.717) is 30.6 Å². The van der Waals surface area contributed by atoms with E-state index in [1.54, 1.807) is 11.0 Å². The Labute approximate surface area is 173 Å². The minimum absolute atomic E-state index is 0.0411. The Morgan fingerprint density at radius 3 is 2.77 bits per heavy atom. The topological polar surface area (TPSA) is 110 Å². The SMILES string of the molecule is CC1(C)CC(=O)c2cc(C(=O)NCc3cccc(Cn4cncn4)c3)c(=O)[nH]c2C1. The van der Waals surface area contributed by atoms with Crippen LogP contribution in [0.15, 0.2) is 47.8 Å². The fraction of sp³-hybridized carbons (Fsp3) is 0.318. The van der Waals surface area contributed by atoms with Crippen LogP contribution in [0.5, 0.6) is 0 Å².